The van der Waals surface area contributed by atoms with Crippen molar-refractivity contribution in [2.75, 3.05) is 11.9 Å². The first-order valence-electron chi connectivity index (χ1n) is 5.40. The third kappa shape index (κ3) is 3.28. The molecule has 1 heterocycles. The zero-order valence-corrected chi connectivity index (χ0v) is 10.4. The predicted molar refractivity (Wildman–Crippen MR) is 70.7 cm³/mol. The van der Waals surface area contributed by atoms with Gasteiger partial charge < -0.3 is 16.2 Å². The highest BCUT2D eigenvalue weighted by Crippen LogP contribution is 2.22. The average molecular weight is 263 g/mol. The Kier molecular flexibility index (Phi) is 3.91. The Hall–Kier alpha value is -1.92. The van der Waals surface area contributed by atoms with E-state index >= 15 is 0 Å². The van der Waals surface area contributed by atoms with Gasteiger partial charge in [-0.3, -0.25) is 4.79 Å². The van der Waals surface area contributed by atoms with Crippen LogP contribution in [0.1, 0.15) is 10.4 Å². The summed E-state index contributed by atoms with van der Waals surface area (Å²) >= 11 is 1.40. The molecule has 0 aliphatic rings. The number of carbonyl (C=O) groups is 1. The number of anilines is 1. The lowest BCUT2D eigenvalue weighted by molar-refractivity contribution is -0.114. The van der Waals surface area contributed by atoms with Gasteiger partial charge in [-0.05, 0) is 17.7 Å². The second kappa shape index (κ2) is 5.61. The third-order valence-corrected chi connectivity index (χ3v) is 3.19. The molecule has 0 bridgehead atoms. The van der Waals surface area contributed by atoms with Crippen molar-refractivity contribution in [1.29, 1.82) is 0 Å². The van der Waals surface area contributed by atoms with E-state index in [4.69, 9.17) is 5.73 Å². The summed E-state index contributed by atoms with van der Waals surface area (Å²) in [6.45, 7) is -0.0541. The van der Waals surface area contributed by atoms with Crippen LogP contribution in [0, 0.1) is 0 Å². The van der Waals surface area contributed by atoms with Crippen LogP contribution in [0.2, 0.25) is 0 Å². The van der Waals surface area contributed by atoms with Crippen LogP contribution < -0.4 is 11.1 Å². The standard InChI is InChI=1S/C12H13N3O2S/c13-6-11(17)15-12-14-7-10(18-12)5-8-2-1-3-9(16)4-8/h1-4,7,16H,5-6,13H2,(H,14,15,17). The number of aromatic hydroxyl groups is 1. The van der Waals surface area contributed by atoms with E-state index in [0.29, 0.717) is 11.6 Å². The van der Waals surface area contributed by atoms with Crippen LogP contribution in [-0.2, 0) is 11.2 Å². The molecule has 0 saturated carbocycles. The van der Waals surface area contributed by atoms with Gasteiger partial charge in [0.15, 0.2) is 5.13 Å². The zero-order chi connectivity index (χ0) is 13.0. The molecule has 0 atom stereocenters. The second-order valence-corrected chi connectivity index (χ2v) is 4.85. The molecule has 0 spiro atoms. The summed E-state index contributed by atoms with van der Waals surface area (Å²) < 4.78 is 0. The predicted octanol–water partition coefficient (Wildman–Crippen LogP) is 1.34. The molecule has 0 unspecified atom stereocenters. The third-order valence-electron chi connectivity index (χ3n) is 2.27. The Labute approximate surface area is 108 Å². The minimum Gasteiger partial charge on any atom is -0.508 e. The number of phenols is 1. The maximum absolute atomic E-state index is 11.1. The van der Waals surface area contributed by atoms with Crippen LogP contribution in [0.5, 0.6) is 5.75 Å². The SMILES string of the molecule is NCC(=O)Nc1ncc(Cc2cccc(O)c2)s1. The van der Waals surface area contributed by atoms with E-state index in [1.54, 1.807) is 24.4 Å². The first-order chi connectivity index (χ1) is 8.67. The highest BCUT2D eigenvalue weighted by atomic mass is 32.1. The Morgan fingerprint density at radius 2 is 2.33 bits per heavy atom. The fourth-order valence-electron chi connectivity index (χ4n) is 1.48. The van der Waals surface area contributed by atoms with E-state index in [2.05, 4.69) is 10.3 Å². The highest BCUT2D eigenvalue weighted by Gasteiger charge is 2.06. The Bertz CT molecular complexity index is 554. The highest BCUT2D eigenvalue weighted by molar-refractivity contribution is 7.15. The molecule has 0 aliphatic carbocycles. The summed E-state index contributed by atoms with van der Waals surface area (Å²) in [5.41, 5.74) is 6.20. The maximum Gasteiger partial charge on any atom is 0.239 e. The average Bonchev–Trinajstić information content (AvgIpc) is 2.76. The second-order valence-electron chi connectivity index (χ2n) is 3.73. The number of amides is 1. The molecule has 5 nitrogen and oxygen atoms in total. The molecule has 1 amide bonds. The van der Waals surface area contributed by atoms with Crippen LogP contribution >= 0.6 is 11.3 Å². The number of hydrogen-bond acceptors (Lipinski definition) is 5. The monoisotopic (exact) mass is 263 g/mol. The lowest BCUT2D eigenvalue weighted by atomic mass is 10.1. The van der Waals surface area contributed by atoms with Crippen molar-refractivity contribution < 1.29 is 9.90 Å². The minimum atomic E-state index is -0.256. The fraction of sp³-hybridized carbons (Fsp3) is 0.167. The number of rotatable bonds is 4. The number of hydrogen-bond donors (Lipinski definition) is 3. The van der Waals surface area contributed by atoms with Gasteiger partial charge in [-0.15, -0.1) is 11.3 Å². The molecule has 18 heavy (non-hydrogen) atoms. The molecule has 1 aromatic carbocycles. The molecule has 2 rings (SSSR count). The number of thiazole rings is 1. The van der Waals surface area contributed by atoms with E-state index in [9.17, 15) is 9.90 Å². The Morgan fingerprint density at radius 3 is 3.06 bits per heavy atom. The van der Waals surface area contributed by atoms with Crippen molar-refractivity contribution in [3.05, 3.63) is 40.9 Å². The van der Waals surface area contributed by atoms with E-state index in [1.165, 1.54) is 11.3 Å². The van der Waals surface area contributed by atoms with Gasteiger partial charge >= 0.3 is 0 Å². The molecule has 1 aromatic heterocycles. The number of phenolic OH excluding ortho intramolecular Hbond substituents is 1. The molecular weight excluding hydrogens is 250 g/mol. The first kappa shape index (κ1) is 12.5. The molecule has 0 aliphatic heterocycles. The molecule has 0 saturated heterocycles. The van der Waals surface area contributed by atoms with Crippen LogP contribution in [-0.4, -0.2) is 22.5 Å². The number of benzene rings is 1. The Morgan fingerprint density at radius 1 is 1.50 bits per heavy atom. The largest absolute Gasteiger partial charge is 0.508 e. The van der Waals surface area contributed by atoms with Gasteiger partial charge in [0.05, 0.1) is 6.54 Å². The number of nitrogens with one attached hydrogen (secondary N) is 1. The van der Waals surface area contributed by atoms with Crippen molar-refractivity contribution in [3.63, 3.8) is 0 Å². The number of nitrogens with zero attached hydrogens (tertiary/aromatic N) is 1. The molecule has 6 heteroatoms. The molecule has 4 N–H and O–H groups in total. The summed E-state index contributed by atoms with van der Waals surface area (Å²) in [5.74, 6) is -0.0121. The smallest absolute Gasteiger partial charge is 0.239 e. The lowest BCUT2D eigenvalue weighted by Gasteiger charge is -1.99. The van der Waals surface area contributed by atoms with Gasteiger partial charge in [-0.2, -0.15) is 0 Å². The van der Waals surface area contributed by atoms with Gasteiger partial charge in [-0.25, -0.2) is 4.98 Å². The summed E-state index contributed by atoms with van der Waals surface area (Å²) in [6, 6.07) is 7.06. The molecular formula is C12H13N3O2S. The van der Waals surface area contributed by atoms with Gasteiger partial charge in [0.25, 0.3) is 0 Å². The quantitative estimate of drug-likeness (QED) is 0.776. The summed E-state index contributed by atoms with van der Waals surface area (Å²) in [5, 5.41) is 12.5. The lowest BCUT2D eigenvalue weighted by Crippen LogP contribution is -2.21. The zero-order valence-electron chi connectivity index (χ0n) is 9.59. The van der Waals surface area contributed by atoms with Crippen LogP contribution in [0.3, 0.4) is 0 Å². The summed E-state index contributed by atoms with van der Waals surface area (Å²) in [4.78, 5) is 16.2. The summed E-state index contributed by atoms with van der Waals surface area (Å²) in [6.07, 6.45) is 2.38. The van der Waals surface area contributed by atoms with Crippen molar-refractivity contribution in [3.8, 4) is 5.75 Å². The van der Waals surface area contributed by atoms with E-state index in [-0.39, 0.29) is 18.2 Å². The van der Waals surface area contributed by atoms with Crippen LogP contribution in [0.25, 0.3) is 0 Å². The van der Waals surface area contributed by atoms with Crippen molar-refractivity contribution in [2.45, 2.75) is 6.42 Å². The fourth-order valence-corrected chi connectivity index (χ4v) is 2.35. The van der Waals surface area contributed by atoms with Gasteiger partial charge in [0, 0.05) is 17.5 Å². The van der Waals surface area contributed by atoms with E-state index in [1.807, 2.05) is 6.07 Å². The molecule has 94 valence electrons. The van der Waals surface area contributed by atoms with E-state index < -0.39 is 0 Å². The molecule has 0 radical (unpaired) electrons. The van der Waals surface area contributed by atoms with Gasteiger partial charge in [0.1, 0.15) is 5.75 Å². The van der Waals surface area contributed by atoms with Crippen LogP contribution in [0.4, 0.5) is 5.13 Å². The van der Waals surface area contributed by atoms with Crippen LogP contribution in [0.15, 0.2) is 30.5 Å². The van der Waals surface area contributed by atoms with Crippen molar-refractivity contribution >= 4 is 22.4 Å². The summed E-state index contributed by atoms with van der Waals surface area (Å²) in [7, 11) is 0. The van der Waals surface area contributed by atoms with Crippen molar-refractivity contribution in [1.82, 2.24) is 4.98 Å². The number of aromatic nitrogens is 1. The van der Waals surface area contributed by atoms with E-state index in [0.717, 1.165) is 10.4 Å². The van der Waals surface area contributed by atoms with Crippen molar-refractivity contribution in [2.24, 2.45) is 5.73 Å². The topological polar surface area (TPSA) is 88.2 Å². The molecule has 2 aromatic rings. The number of nitrogens with two attached hydrogens (primary N) is 1. The number of carbonyl (C=O) groups excluding carboxylic acids is 1. The van der Waals surface area contributed by atoms with Gasteiger partial charge in [0.2, 0.25) is 5.91 Å². The Balaban J connectivity index is 2.04. The van der Waals surface area contributed by atoms with Gasteiger partial charge in [-0.1, -0.05) is 12.1 Å². The minimum absolute atomic E-state index is 0.0541. The molecule has 0 fully saturated rings. The normalized spacial score (nSPS) is 10.3. The first-order valence-corrected chi connectivity index (χ1v) is 6.21. The maximum atomic E-state index is 11.1.